The van der Waals surface area contributed by atoms with Gasteiger partial charge in [0.15, 0.2) is 0 Å². The Morgan fingerprint density at radius 1 is 1.29 bits per heavy atom. The smallest absolute Gasteiger partial charge is 0.00533 e. The van der Waals surface area contributed by atoms with Crippen LogP contribution in [0.15, 0.2) is 13.2 Å². The molecule has 0 aliphatic carbocycles. The summed E-state index contributed by atoms with van der Waals surface area (Å²) in [4.78, 5) is 2.12. The zero-order chi connectivity index (χ0) is 6.28. The van der Waals surface area contributed by atoms with E-state index in [0.717, 1.165) is 6.54 Å². The molecule has 0 saturated carbocycles. The van der Waals surface area contributed by atoms with Crippen molar-refractivity contribution in [1.82, 2.24) is 4.90 Å². The Morgan fingerprint density at radius 3 is 1.43 bits per heavy atom. The van der Waals surface area contributed by atoms with E-state index in [2.05, 4.69) is 39.1 Å². The predicted molar refractivity (Wildman–Crippen MR) is 35.5 cm³/mol. The maximum absolute atomic E-state index is 3.00. The normalized spacial score (nSPS) is 7.43. The van der Waals surface area contributed by atoms with E-state index < -0.39 is 0 Å². The van der Waals surface area contributed by atoms with Crippen LogP contribution in [0.4, 0.5) is 0 Å². The maximum Gasteiger partial charge on any atom is -0.00533 e. The van der Waals surface area contributed by atoms with Crippen LogP contribution in [0.25, 0.3) is 0 Å². The summed E-state index contributed by atoms with van der Waals surface area (Å²) in [5, 5.41) is 0. The standard InChI is InChI=1S/C4H11N.C2H4/c1-4-5(2)3;1-2/h4H2,1-3H3;1-2H2. The highest BCUT2D eigenvalue weighted by Gasteiger charge is 1.72. The van der Waals surface area contributed by atoms with Gasteiger partial charge in [0, 0.05) is 0 Å². The van der Waals surface area contributed by atoms with Crippen LogP contribution in [0, 0.1) is 0 Å². The van der Waals surface area contributed by atoms with Crippen molar-refractivity contribution in [2.75, 3.05) is 20.6 Å². The van der Waals surface area contributed by atoms with Crippen molar-refractivity contribution in [3.63, 3.8) is 0 Å². The molecule has 0 aliphatic heterocycles. The molecule has 0 radical (unpaired) electrons. The molecular weight excluding hydrogens is 86.1 g/mol. The summed E-state index contributed by atoms with van der Waals surface area (Å²) in [6.45, 7) is 9.26. The zero-order valence-corrected chi connectivity index (χ0v) is 5.57. The molecule has 0 bridgehead atoms. The lowest BCUT2D eigenvalue weighted by Crippen LogP contribution is -2.08. The fraction of sp³-hybridized carbons (Fsp3) is 0.667. The van der Waals surface area contributed by atoms with Crippen LogP contribution in [-0.4, -0.2) is 25.5 Å². The van der Waals surface area contributed by atoms with Gasteiger partial charge in [0.1, 0.15) is 0 Å². The molecule has 0 aromatic rings. The van der Waals surface area contributed by atoms with Gasteiger partial charge in [0.2, 0.25) is 0 Å². The first-order valence-electron chi connectivity index (χ1n) is 2.42. The first-order valence-corrected chi connectivity index (χ1v) is 2.42. The van der Waals surface area contributed by atoms with Gasteiger partial charge in [0.25, 0.3) is 0 Å². The van der Waals surface area contributed by atoms with Gasteiger partial charge in [-0.1, -0.05) is 6.92 Å². The molecule has 0 unspecified atom stereocenters. The summed E-state index contributed by atoms with van der Waals surface area (Å²) in [5.74, 6) is 0. The second-order valence-corrected chi connectivity index (χ2v) is 1.40. The van der Waals surface area contributed by atoms with Crippen molar-refractivity contribution in [3.05, 3.63) is 13.2 Å². The van der Waals surface area contributed by atoms with Crippen molar-refractivity contribution >= 4 is 0 Å². The minimum atomic E-state index is 1.14. The molecule has 1 heteroatoms. The Hall–Kier alpha value is -0.300. The molecule has 0 aromatic carbocycles. The summed E-state index contributed by atoms with van der Waals surface area (Å²) < 4.78 is 0. The summed E-state index contributed by atoms with van der Waals surface area (Å²) in [5.41, 5.74) is 0. The van der Waals surface area contributed by atoms with E-state index in [9.17, 15) is 0 Å². The van der Waals surface area contributed by atoms with E-state index in [1.807, 2.05) is 0 Å². The van der Waals surface area contributed by atoms with Crippen LogP contribution < -0.4 is 0 Å². The topological polar surface area (TPSA) is 3.24 Å². The zero-order valence-electron chi connectivity index (χ0n) is 5.57. The number of hydrogen-bond donors (Lipinski definition) is 0. The highest BCUT2D eigenvalue weighted by atomic mass is 15.0. The molecule has 0 aromatic heterocycles. The van der Waals surface area contributed by atoms with Crippen LogP contribution in [0.2, 0.25) is 0 Å². The third-order valence-electron chi connectivity index (χ3n) is 0.632. The Balaban J connectivity index is 0. The van der Waals surface area contributed by atoms with Crippen molar-refractivity contribution in [3.8, 4) is 0 Å². The predicted octanol–water partition coefficient (Wildman–Crippen LogP) is 1.37. The quantitative estimate of drug-likeness (QED) is 0.451. The second-order valence-electron chi connectivity index (χ2n) is 1.40. The van der Waals surface area contributed by atoms with Crippen molar-refractivity contribution < 1.29 is 0 Å². The average molecular weight is 101 g/mol. The molecule has 0 heterocycles. The third kappa shape index (κ3) is 27.0. The van der Waals surface area contributed by atoms with Gasteiger partial charge in [-0.05, 0) is 20.6 Å². The first kappa shape index (κ1) is 9.85. The van der Waals surface area contributed by atoms with Crippen molar-refractivity contribution in [1.29, 1.82) is 0 Å². The fourth-order valence-corrected chi connectivity index (χ4v) is 0. The molecule has 0 fully saturated rings. The fourth-order valence-electron chi connectivity index (χ4n) is 0. The molecule has 0 atom stereocenters. The summed E-state index contributed by atoms with van der Waals surface area (Å²) in [6.07, 6.45) is 0. The highest BCUT2D eigenvalue weighted by Crippen LogP contribution is 1.63. The van der Waals surface area contributed by atoms with E-state index in [1.165, 1.54) is 0 Å². The average Bonchev–Trinajstić information content (AvgIpc) is 1.73. The maximum atomic E-state index is 3.00. The van der Waals surface area contributed by atoms with Crippen LogP contribution >= 0.6 is 0 Å². The number of nitrogens with zero attached hydrogens (tertiary/aromatic N) is 1. The van der Waals surface area contributed by atoms with E-state index >= 15 is 0 Å². The van der Waals surface area contributed by atoms with E-state index in [1.54, 1.807) is 0 Å². The Kier molecular flexibility index (Phi) is 12.9. The highest BCUT2D eigenvalue weighted by molar-refractivity contribution is 4.25. The van der Waals surface area contributed by atoms with Crippen LogP contribution in [0.5, 0.6) is 0 Å². The summed E-state index contributed by atoms with van der Waals surface area (Å²) in [7, 11) is 4.11. The Labute approximate surface area is 46.6 Å². The van der Waals surface area contributed by atoms with Gasteiger partial charge in [-0.25, -0.2) is 0 Å². The van der Waals surface area contributed by atoms with Crippen LogP contribution in [0.3, 0.4) is 0 Å². The van der Waals surface area contributed by atoms with E-state index in [0.29, 0.717) is 0 Å². The number of hydrogen-bond acceptors (Lipinski definition) is 1. The molecule has 0 spiro atoms. The molecule has 44 valence electrons. The van der Waals surface area contributed by atoms with Crippen LogP contribution in [0.1, 0.15) is 6.92 Å². The summed E-state index contributed by atoms with van der Waals surface area (Å²) in [6, 6.07) is 0. The Bertz CT molecular complexity index is 25.4. The SMILES string of the molecule is C=C.CCN(C)C. The van der Waals surface area contributed by atoms with Gasteiger partial charge in [-0.3, -0.25) is 0 Å². The van der Waals surface area contributed by atoms with Gasteiger partial charge in [-0.15, -0.1) is 13.2 Å². The largest absolute Gasteiger partial charge is 0.310 e. The first-order chi connectivity index (χ1) is 3.27. The minimum Gasteiger partial charge on any atom is -0.310 e. The van der Waals surface area contributed by atoms with Gasteiger partial charge < -0.3 is 4.90 Å². The molecule has 0 saturated heterocycles. The lowest BCUT2D eigenvalue weighted by Gasteiger charge is -2.00. The molecule has 0 aliphatic rings. The minimum absolute atomic E-state index is 1.14. The van der Waals surface area contributed by atoms with Gasteiger partial charge >= 0.3 is 0 Å². The second kappa shape index (κ2) is 9.20. The molecule has 1 nitrogen and oxygen atoms in total. The van der Waals surface area contributed by atoms with Crippen LogP contribution in [-0.2, 0) is 0 Å². The van der Waals surface area contributed by atoms with Crippen molar-refractivity contribution in [2.24, 2.45) is 0 Å². The monoisotopic (exact) mass is 101 g/mol. The molecule has 7 heavy (non-hydrogen) atoms. The van der Waals surface area contributed by atoms with E-state index in [-0.39, 0.29) is 0 Å². The third-order valence-corrected chi connectivity index (χ3v) is 0.632. The molecular formula is C6H15N. The molecule has 0 N–H and O–H groups in total. The van der Waals surface area contributed by atoms with Crippen molar-refractivity contribution in [2.45, 2.75) is 6.92 Å². The molecule has 0 amide bonds. The van der Waals surface area contributed by atoms with Gasteiger partial charge in [-0.2, -0.15) is 0 Å². The summed E-state index contributed by atoms with van der Waals surface area (Å²) >= 11 is 0. The Morgan fingerprint density at radius 2 is 1.43 bits per heavy atom. The van der Waals surface area contributed by atoms with E-state index in [4.69, 9.17) is 0 Å². The van der Waals surface area contributed by atoms with Gasteiger partial charge in [0.05, 0.1) is 0 Å². The number of rotatable bonds is 1. The molecule has 0 rings (SSSR count). The lowest BCUT2D eigenvalue weighted by atomic mass is 10.7. The lowest BCUT2D eigenvalue weighted by molar-refractivity contribution is 0.434.